The normalized spacial score (nSPS) is 11.0. The van der Waals surface area contributed by atoms with E-state index in [-0.39, 0.29) is 18.1 Å². The Labute approximate surface area is 154 Å². The van der Waals surface area contributed by atoms with Crippen molar-refractivity contribution in [3.63, 3.8) is 0 Å². The maximum absolute atomic E-state index is 12.4. The van der Waals surface area contributed by atoms with Gasteiger partial charge in [-0.25, -0.2) is 4.98 Å². The first kappa shape index (κ1) is 17.8. The fourth-order valence-corrected chi connectivity index (χ4v) is 3.37. The molecule has 2 aromatic heterocycles. The number of hydrogen-bond donors (Lipinski definition) is 1. The molecule has 0 aliphatic heterocycles. The van der Waals surface area contributed by atoms with Crippen molar-refractivity contribution in [1.82, 2.24) is 9.97 Å². The number of methoxy groups -OCH3 is 1. The lowest BCUT2D eigenvalue weighted by molar-refractivity contribution is 0.100. The zero-order valence-electron chi connectivity index (χ0n) is 14.3. The van der Waals surface area contributed by atoms with E-state index in [1.54, 1.807) is 30.7 Å². The number of aromatic hydroxyl groups is 1. The standard InChI is InChI=1S/C19H17N3O3S/c1-12-18(26-19(22-12)14-5-7-20-8-6-14)16(24)11-21-10-13-3-4-17(25-2)15(23)9-13/h3-10,23H,11H2,1-2H3. The highest BCUT2D eigenvalue weighted by molar-refractivity contribution is 7.17. The number of aryl methyl sites for hydroxylation is 1. The summed E-state index contributed by atoms with van der Waals surface area (Å²) in [5.74, 6) is 0.333. The number of hydrogen-bond acceptors (Lipinski definition) is 7. The van der Waals surface area contributed by atoms with Gasteiger partial charge < -0.3 is 9.84 Å². The van der Waals surface area contributed by atoms with E-state index in [1.165, 1.54) is 24.5 Å². The second-order valence-corrected chi connectivity index (χ2v) is 6.49. The van der Waals surface area contributed by atoms with E-state index in [1.807, 2.05) is 19.1 Å². The minimum atomic E-state index is -0.0886. The number of benzene rings is 1. The minimum absolute atomic E-state index is 0.0195. The number of thiazole rings is 1. The van der Waals surface area contributed by atoms with Crippen molar-refractivity contribution in [2.45, 2.75) is 6.92 Å². The maximum Gasteiger partial charge on any atom is 0.196 e. The van der Waals surface area contributed by atoms with Crippen molar-refractivity contribution in [3.8, 4) is 22.1 Å². The summed E-state index contributed by atoms with van der Waals surface area (Å²) in [5.41, 5.74) is 2.32. The molecule has 0 radical (unpaired) electrons. The Kier molecular flexibility index (Phi) is 5.38. The fourth-order valence-electron chi connectivity index (χ4n) is 2.37. The highest BCUT2D eigenvalue weighted by Crippen LogP contribution is 2.28. The number of aliphatic imine (C=N–C) groups is 1. The predicted octanol–water partition coefficient (Wildman–Crippen LogP) is 3.53. The molecule has 0 atom stereocenters. The summed E-state index contributed by atoms with van der Waals surface area (Å²) in [7, 11) is 1.49. The van der Waals surface area contributed by atoms with Crippen LogP contribution in [0, 0.1) is 6.92 Å². The number of rotatable bonds is 6. The van der Waals surface area contributed by atoms with Gasteiger partial charge in [0.15, 0.2) is 17.3 Å². The molecular weight excluding hydrogens is 350 g/mol. The average Bonchev–Trinajstić information content (AvgIpc) is 3.04. The topological polar surface area (TPSA) is 84.7 Å². The van der Waals surface area contributed by atoms with Crippen molar-refractivity contribution in [3.05, 3.63) is 58.9 Å². The zero-order valence-corrected chi connectivity index (χ0v) is 15.2. The van der Waals surface area contributed by atoms with Gasteiger partial charge in [-0.3, -0.25) is 14.8 Å². The molecule has 2 heterocycles. The number of ether oxygens (including phenoxy) is 1. The first-order valence-electron chi connectivity index (χ1n) is 7.86. The third kappa shape index (κ3) is 3.94. The van der Waals surface area contributed by atoms with E-state index in [0.29, 0.717) is 21.9 Å². The fraction of sp³-hybridized carbons (Fsp3) is 0.158. The van der Waals surface area contributed by atoms with Gasteiger partial charge in [0.2, 0.25) is 0 Å². The number of nitrogens with zero attached hydrogens (tertiary/aromatic N) is 3. The summed E-state index contributed by atoms with van der Waals surface area (Å²) in [6, 6.07) is 8.66. The van der Waals surface area contributed by atoms with Crippen LogP contribution in [0.4, 0.5) is 0 Å². The van der Waals surface area contributed by atoms with Gasteiger partial charge in [0.25, 0.3) is 0 Å². The number of aromatic nitrogens is 2. The summed E-state index contributed by atoms with van der Waals surface area (Å²) in [6.45, 7) is 1.84. The number of ketones is 1. The summed E-state index contributed by atoms with van der Waals surface area (Å²) in [6.07, 6.45) is 4.95. The molecule has 1 aromatic carbocycles. The van der Waals surface area contributed by atoms with E-state index < -0.39 is 0 Å². The first-order valence-corrected chi connectivity index (χ1v) is 8.68. The largest absolute Gasteiger partial charge is 0.504 e. The van der Waals surface area contributed by atoms with Gasteiger partial charge in [0, 0.05) is 24.2 Å². The van der Waals surface area contributed by atoms with Crippen molar-refractivity contribution < 1.29 is 14.6 Å². The molecule has 0 bridgehead atoms. The number of phenols is 1. The summed E-state index contributed by atoms with van der Waals surface area (Å²) in [4.78, 5) is 25.7. The Bertz CT molecular complexity index is 952. The third-order valence-corrected chi connectivity index (χ3v) is 4.90. The second-order valence-electron chi connectivity index (χ2n) is 5.49. The number of pyridine rings is 1. The Hall–Kier alpha value is -3.06. The van der Waals surface area contributed by atoms with Gasteiger partial charge in [-0.2, -0.15) is 0 Å². The number of Topliss-reactive ketones (excluding diaryl/α,β-unsaturated/α-hetero) is 1. The quantitative estimate of drug-likeness (QED) is 0.532. The Morgan fingerprint density at radius 2 is 2.08 bits per heavy atom. The van der Waals surface area contributed by atoms with E-state index in [4.69, 9.17) is 4.74 Å². The van der Waals surface area contributed by atoms with E-state index in [0.717, 1.165) is 10.6 Å². The number of carbonyl (C=O) groups is 1. The van der Waals surface area contributed by atoms with E-state index >= 15 is 0 Å². The minimum Gasteiger partial charge on any atom is -0.504 e. The third-order valence-electron chi connectivity index (χ3n) is 3.66. The molecule has 26 heavy (non-hydrogen) atoms. The number of phenolic OH excluding ortho intramolecular Hbond substituents is 1. The molecule has 0 aliphatic carbocycles. The summed E-state index contributed by atoms with van der Waals surface area (Å²) in [5, 5.41) is 10.5. The molecule has 0 amide bonds. The summed E-state index contributed by atoms with van der Waals surface area (Å²) < 4.78 is 4.99. The SMILES string of the molecule is COc1ccc(C=NCC(=O)c2sc(-c3ccncc3)nc2C)cc1O. The highest BCUT2D eigenvalue weighted by Gasteiger charge is 2.15. The van der Waals surface area contributed by atoms with Crippen LogP contribution in [0.15, 0.2) is 47.7 Å². The second kappa shape index (κ2) is 7.88. The van der Waals surface area contributed by atoms with E-state index in [2.05, 4.69) is 15.0 Å². The molecular formula is C19H17N3O3S. The Balaban J connectivity index is 1.70. The molecule has 132 valence electrons. The molecule has 0 saturated heterocycles. The molecule has 3 aromatic rings. The molecule has 1 N–H and O–H groups in total. The van der Waals surface area contributed by atoms with Gasteiger partial charge >= 0.3 is 0 Å². The lowest BCUT2D eigenvalue weighted by atomic mass is 10.2. The van der Waals surface area contributed by atoms with Gasteiger partial charge in [0.1, 0.15) is 11.6 Å². The van der Waals surface area contributed by atoms with Crippen molar-refractivity contribution >= 4 is 23.3 Å². The monoisotopic (exact) mass is 367 g/mol. The maximum atomic E-state index is 12.4. The molecule has 0 fully saturated rings. The number of carbonyl (C=O) groups excluding carboxylic acids is 1. The Morgan fingerprint density at radius 3 is 2.77 bits per heavy atom. The van der Waals surface area contributed by atoms with E-state index in [9.17, 15) is 9.90 Å². The van der Waals surface area contributed by atoms with Gasteiger partial charge in [-0.15, -0.1) is 11.3 Å². The van der Waals surface area contributed by atoms with Crippen LogP contribution in [0.25, 0.3) is 10.6 Å². The molecule has 6 nitrogen and oxygen atoms in total. The average molecular weight is 367 g/mol. The molecule has 0 aliphatic rings. The van der Waals surface area contributed by atoms with Crippen LogP contribution in [0.1, 0.15) is 20.9 Å². The molecule has 0 unspecified atom stereocenters. The van der Waals surface area contributed by atoms with Crippen molar-refractivity contribution in [1.29, 1.82) is 0 Å². The van der Waals surface area contributed by atoms with Crippen LogP contribution < -0.4 is 4.74 Å². The van der Waals surface area contributed by atoms with Crippen LogP contribution in [0.2, 0.25) is 0 Å². The molecule has 0 saturated carbocycles. The van der Waals surface area contributed by atoms with Crippen LogP contribution in [-0.2, 0) is 0 Å². The van der Waals surface area contributed by atoms with Crippen LogP contribution in [0.5, 0.6) is 11.5 Å². The molecule has 0 spiro atoms. The van der Waals surface area contributed by atoms with Crippen LogP contribution in [-0.4, -0.2) is 40.7 Å². The van der Waals surface area contributed by atoms with Crippen LogP contribution >= 0.6 is 11.3 Å². The van der Waals surface area contributed by atoms with Crippen molar-refractivity contribution in [2.75, 3.05) is 13.7 Å². The first-order chi connectivity index (χ1) is 12.6. The predicted molar refractivity (Wildman–Crippen MR) is 102 cm³/mol. The Morgan fingerprint density at radius 1 is 1.31 bits per heavy atom. The van der Waals surface area contributed by atoms with Gasteiger partial charge in [-0.05, 0) is 42.8 Å². The highest BCUT2D eigenvalue weighted by atomic mass is 32.1. The smallest absolute Gasteiger partial charge is 0.196 e. The van der Waals surface area contributed by atoms with Gasteiger partial charge in [0.05, 0.1) is 17.7 Å². The zero-order chi connectivity index (χ0) is 18.5. The van der Waals surface area contributed by atoms with Crippen molar-refractivity contribution in [2.24, 2.45) is 4.99 Å². The molecule has 3 rings (SSSR count). The molecule has 7 heteroatoms. The lowest BCUT2D eigenvalue weighted by Gasteiger charge is -2.02. The van der Waals surface area contributed by atoms with Gasteiger partial charge in [-0.1, -0.05) is 0 Å². The summed E-state index contributed by atoms with van der Waals surface area (Å²) >= 11 is 1.36. The lowest BCUT2D eigenvalue weighted by Crippen LogP contribution is -2.03. The van der Waals surface area contributed by atoms with Crippen LogP contribution in [0.3, 0.4) is 0 Å².